The minimum absolute atomic E-state index is 0.0659. The van der Waals surface area contributed by atoms with Gasteiger partial charge in [-0.15, -0.1) is 10.2 Å². The number of aromatic nitrogens is 4. The van der Waals surface area contributed by atoms with Crippen LogP contribution in [0.15, 0.2) is 41.3 Å². The van der Waals surface area contributed by atoms with E-state index in [1.54, 1.807) is 4.57 Å². The van der Waals surface area contributed by atoms with Crippen LogP contribution in [0.4, 0.5) is 8.78 Å². The van der Waals surface area contributed by atoms with Crippen LogP contribution in [0, 0.1) is 11.8 Å². The van der Waals surface area contributed by atoms with Gasteiger partial charge in [0, 0.05) is 24.5 Å². The molecule has 0 spiro atoms. The number of nitrogens with zero attached hydrogens (tertiary/aromatic N) is 4. The molecule has 26 heavy (non-hydrogen) atoms. The Bertz CT molecular complexity index is 878. The zero-order valence-corrected chi connectivity index (χ0v) is 14.9. The Balaban J connectivity index is 1.71. The lowest BCUT2D eigenvalue weighted by molar-refractivity contribution is -0.117. The highest BCUT2D eigenvalue weighted by atomic mass is 32.2. The van der Waals surface area contributed by atoms with Crippen LogP contribution in [0.3, 0.4) is 0 Å². The highest BCUT2D eigenvalue weighted by Crippen LogP contribution is 2.25. The van der Waals surface area contributed by atoms with E-state index in [2.05, 4.69) is 20.5 Å². The number of nitrogens with one attached hydrogen (secondary N) is 1. The molecule has 0 unspecified atom stereocenters. The van der Waals surface area contributed by atoms with Crippen molar-refractivity contribution in [2.24, 2.45) is 0 Å². The molecule has 0 saturated heterocycles. The maximum absolute atomic E-state index is 14.0. The fourth-order valence-electron chi connectivity index (χ4n) is 2.50. The molecule has 136 valence electrons. The molecule has 1 aliphatic rings. The van der Waals surface area contributed by atoms with E-state index in [0.717, 1.165) is 24.7 Å². The predicted molar refractivity (Wildman–Crippen MR) is 94.2 cm³/mol. The first-order valence-corrected chi connectivity index (χ1v) is 9.10. The van der Waals surface area contributed by atoms with Crippen molar-refractivity contribution in [3.05, 3.63) is 48.0 Å². The van der Waals surface area contributed by atoms with Gasteiger partial charge in [-0.25, -0.2) is 9.37 Å². The van der Waals surface area contributed by atoms with Gasteiger partial charge in [0.1, 0.15) is 5.82 Å². The molecule has 0 aromatic carbocycles. The van der Waals surface area contributed by atoms with E-state index >= 15 is 0 Å². The van der Waals surface area contributed by atoms with Crippen LogP contribution in [-0.4, -0.2) is 31.4 Å². The molecule has 0 atom stereocenters. The number of hydrogen-bond donors (Lipinski definition) is 1. The number of hydrogen-bond acceptors (Lipinski definition) is 5. The smallest absolute Gasteiger partial charge is 0.234 e. The SMILES string of the molecule is CCn1c(SCC(=O)NC2=CC=CCC2)nnc1-c1cnc(F)cc1F. The van der Waals surface area contributed by atoms with Crippen molar-refractivity contribution in [1.82, 2.24) is 25.1 Å². The van der Waals surface area contributed by atoms with Gasteiger partial charge in [0.15, 0.2) is 11.0 Å². The summed E-state index contributed by atoms with van der Waals surface area (Å²) in [6.07, 6.45) is 8.63. The van der Waals surface area contributed by atoms with Crippen molar-refractivity contribution in [2.75, 3.05) is 5.75 Å². The second-order valence-electron chi connectivity index (χ2n) is 5.53. The van der Waals surface area contributed by atoms with E-state index in [1.807, 2.05) is 25.2 Å². The van der Waals surface area contributed by atoms with Gasteiger partial charge in [-0.1, -0.05) is 23.9 Å². The summed E-state index contributed by atoms with van der Waals surface area (Å²) < 4.78 is 28.7. The summed E-state index contributed by atoms with van der Waals surface area (Å²) in [4.78, 5) is 15.6. The molecule has 0 saturated carbocycles. The van der Waals surface area contributed by atoms with Crippen LogP contribution in [0.1, 0.15) is 19.8 Å². The van der Waals surface area contributed by atoms with Crippen molar-refractivity contribution in [3.63, 3.8) is 0 Å². The lowest BCUT2D eigenvalue weighted by Crippen LogP contribution is -2.25. The topological polar surface area (TPSA) is 72.7 Å². The predicted octanol–water partition coefficient (Wildman–Crippen LogP) is 3.08. The minimum Gasteiger partial charge on any atom is -0.329 e. The van der Waals surface area contributed by atoms with Crippen molar-refractivity contribution < 1.29 is 13.6 Å². The molecule has 0 bridgehead atoms. The minimum atomic E-state index is -0.896. The van der Waals surface area contributed by atoms with Gasteiger partial charge in [-0.3, -0.25) is 4.79 Å². The number of pyridine rings is 1. The molecule has 0 radical (unpaired) electrons. The molecule has 2 aromatic rings. The van der Waals surface area contributed by atoms with Gasteiger partial charge >= 0.3 is 0 Å². The van der Waals surface area contributed by atoms with E-state index in [9.17, 15) is 13.6 Å². The molecular formula is C17H17F2N5OS. The maximum atomic E-state index is 14.0. The van der Waals surface area contributed by atoms with Crippen LogP contribution in [0.5, 0.6) is 0 Å². The van der Waals surface area contributed by atoms with Crippen LogP contribution in [0.2, 0.25) is 0 Å². The summed E-state index contributed by atoms with van der Waals surface area (Å²) >= 11 is 1.21. The molecule has 0 aliphatic heterocycles. The molecule has 0 fully saturated rings. The number of carbonyl (C=O) groups excluding carboxylic acids is 1. The molecule has 6 nitrogen and oxygen atoms in total. The van der Waals surface area contributed by atoms with Gasteiger partial charge in [-0.2, -0.15) is 4.39 Å². The largest absolute Gasteiger partial charge is 0.329 e. The summed E-state index contributed by atoms with van der Waals surface area (Å²) in [6, 6.07) is 0.705. The fraction of sp³-hybridized carbons (Fsp3) is 0.294. The zero-order chi connectivity index (χ0) is 18.5. The molecule has 3 rings (SSSR count). The van der Waals surface area contributed by atoms with Gasteiger partial charge in [0.05, 0.1) is 11.3 Å². The molecule has 1 amide bonds. The molecule has 2 heterocycles. The lowest BCUT2D eigenvalue weighted by Gasteiger charge is -2.11. The number of thioether (sulfide) groups is 1. The third-order valence-electron chi connectivity index (χ3n) is 3.74. The van der Waals surface area contributed by atoms with Gasteiger partial charge in [-0.05, 0) is 25.8 Å². The summed E-state index contributed by atoms with van der Waals surface area (Å²) in [6.45, 7) is 2.32. The average molecular weight is 377 g/mol. The number of allylic oxidation sites excluding steroid dienone is 4. The monoisotopic (exact) mass is 377 g/mol. The Morgan fingerprint density at radius 2 is 2.23 bits per heavy atom. The molecular weight excluding hydrogens is 360 g/mol. The number of rotatable bonds is 6. The summed E-state index contributed by atoms with van der Waals surface area (Å²) in [5.41, 5.74) is 0.950. The third-order valence-corrected chi connectivity index (χ3v) is 4.71. The van der Waals surface area contributed by atoms with E-state index < -0.39 is 11.8 Å². The van der Waals surface area contributed by atoms with Crippen molar-refractivity contribution in [1.29, 1.82) is 0 Å². The summed E-state index contributed by atoms with van der Waals surface area (Å²) in [7, 11) is 0. The van der Waals surface area contributed by atoms with Crippen molar-refractivity contribution >= 4 is 17.7 Å². The summed E-state index contributed by atoms with van der Waals surface area (Å²) in [5, 5.41) is 11.4. The zero-order valence-electron chi connectivity index (χ0n) is 14.1. The van der Waals surface area contributed by atoms with Crippen LogP contribution in [0.25, 0.3) is 11.4 Å². The molecule has 1 N–H and O–H groups in total. The van der Waals surface area contributed by atoms with Crippen molar-refractivity contribution in [3.8, 4) is 11.4 Å². The molecule has 1 aliphatic carbocycles. The standard InChI is InChI=1S/C17H17F2N5OS/c1-2-24-16(12-9-20-14(19)8-13(12)18)22-23-17(24)26-10-15(25)21-11-6-4-3-5-7-11/h3-4,6,8-9H,2,5,7,10H2,1H3,(H,21,25). The van der Waals surface area contributed by atoms with E-state index in [4.69, 9.17) is 0 Å². The van der Waals surface area contributed by atoms with E-state index in [-0.39, 0.29) is 23.0 Å². The second-order valence-corrected chi connectivity index (χ2v) is 6.48. The molecule has 2 aromatic heterocycles. The van der Waals surface area contributed by atoms with Gasteiger partial charge in [0.2, 0.25) is 11.9 Å². The Labute approximate surface area is 153 Å². The van der Waals surface area contributed by atoms with Crippen LogP contribution in [-0.2, 0) is 11.3 Å². The normalized spacial score (nSPS) is 13.6. The van der Waals surface area contributed by atoms with E-state index in [0.29, 0.717) is 17.8 Å². The average Bonchev–Trinajstić information content (AvgIpc) is 3.03. The fourth-order valence-corrected chi connectivity index (χ4v) is 3.31. The summed E-state index contributed by atoms with van der Waals surface area (Å²) in [5.74, 6) is -1.39. The molecule has 9 heteroatoms. The van der Waals surface area contributed by atoms with Crippen LogP contribution >= 0.6 is 11.8 Å². The highest BCUT2D eigenvalue weighted by molar-refractivity contribution is 7.99. The Hall–Kier alpha value is -2.55. The van der Waals surface area contributed by atoms with Gasteiger partial charge in [0.25, 0.3) is 0 Å². The third kappa shape index (κ3) is 4.16. The van der Waals surface area contributed by atoms with Gasteiger partial charge < -0.3 is 9.88 Å². The second kappa shape index (κ2) is 8.22. The first-order chi connectivity index (χ1) is 12.6. The Morgan fingerprint density at radius 3 is 2.92 bits per heavy atom. The quantitative estimate of drug-likeness (QED) is 0.619. The number of amides is 1. The van der Waals surface area contributed by atoms with Crippen LogP contribution < -0.4 is 5.32 Å². The van der Waals surface area contributed by atoms with Crippen molar-refractivity contribution in [2.45, 2.75) is 31.5 Å². The first kappa shape index (κ1) is 18.2. The van der Waals surface area contributed by atoms with E-state index in [1.165, 1.54) is 11.8 Å². The number of halogens is 2. The Kier molecular flexibility index (Phi) is 5.77. The maximum Gasteiger partial charge on any atom is 0.234 e. The Morgan fingerprint density at radius 1 is 1.38 bits per heavy atom. The first-order valence-electron chi connectivity index (χ1n) is 8.11. The number of carbonyl (C=O) groups is 1. The highest BCUT2D eigenvalue weighted by Gasteiger charge is 2.18. The lowest BCUT2D eigenvalue weighted by atomic mass is 10.1.